The minimum Gasteiger partial charge on any atom is -0.484 e. The molecule has 6 nitrogen and oxygen atoms in total. The van der Waals surface area contributed by atoms with Crippen LogP contribution in [-0.4, -0.2) is 54.7 Å². The summed E-state index contributed by atoms with van der Waals surface area (Å²) in [4.78, 5) is 11.8. The number of aliphatic hydroxyl groups excluding tert-OH is 2. The maximum atomic E-state index is 11.8. The van der Waals surface area contributed by atoms with Crippen LogP contribution in [0.5, 0.6) is 5.75 Å². The van der Waals surface area contributed by atoms with Crippen LogP contribution in [0.1, 0.15) is 6.42 Å². The first-order valence-corrected chi connectivity index (χ1v) is 6.94. The second-order valence-electron chi connectivity index (χ2n) is 5.21. The molecule has 6 heteroatoms. The van der Waals surface area contributed by atoms with E-state index in [0.29, 0.717) is 18.8 Å². The van der Waals surface area contributed by atoms with Gasteiger partial charge in [0, 0.05) is 13.0 Å². The summed E-state index contributed by atoms with van der Waals surface area (Å²) in [6, 6.07) is 8.54. The van der Waals surface area contributed by atoms with Crippen LogP contribution in [0.4, 0.5) is 0 Å². The summed E-state index contributed by atoms with van der Waals surface area (Å²) in [7, 11) is 1.54. The van der Waals surface area contributed by atoms with Crippen molar-refractivity contribution in [3.8, 4) is 5.75 Å². The highest BCUT2D eigenvalue weighted by atomic mass is 16.5. The lowest BCUT2D eigenvalue weighted by atomic mass is 10.1. The molecule has 21 heavy (non-hydrogen) atoms. The lowest BCUT2D eigenvalue weighted by molar-refractivity contribution is -0.124. The summed E-state index contributed by atoms with van der Waals surface area (Å²) >= 11 is 0. The molecule has 1 aromatic rings. The van der Waals surface area contributed by atoms with Crippen LogP contribution in [0.25, 0.3) is 0 Å². The van der Waals surface area contributed by atoms with Crippen molar-refractivity contribution in [2.24, 2.45) is 5.92 Å². The Morgan fingerprint density at radius 1 is 1.29 bits per heavy atom. The number of nitrogens with one attached hydrogen (secondary N) is 1. The van der Waals surface area contributed by atoms with E-state index in [9.17, 15) is 15.0 Å². The molecule has 116 valence electrons. The number of hydrogen-bond acceptors (Lipinski definition) is 5. The Morgan fingerprint density at radius 3 is 2.67 bits per heavy atom. The van der Waals surface area contributed by atoms with Gasteiger partial charge in [-0.1, -0.05) is 18.2 Å². The van der Waals surface area contributed by atoms with Gasteiger partial charge < -0.3 is 25.0 Å². The van der Waals surface area contributed by atoms with Crippen molar-refractivity contribution in [2.45, 2.75) is 24.7 Å². The predicted octanol–water partition coefficient (Wildman–Crippen LogP) is -0.0617. The molecule has 0 aliphatic heterocycles. The average molecular weight is 295 g/mol. The van der Waals surface area contributed by atoms with Gasteiger partial charge in [0.2, 0.25) is 0 Å². The van der Waals surface area contributed by atoms with Crippen LogP contribution in [-0.2, 0) is 9.53 Å². The van der Waals surface area contributed by atoms with Crippen LogP contribution in [0.15, 0.2) is 30.3 Å². The first kappa shape index (κ1) is 15.8. The minimum atomic E-state index is -0.981. The van der Waals surface area contributed by atoms with Gasteiger partial charge in [-0.15, -0.1) is 0 Å². The van der Waals surface area contributed by atoms with Gasteiger partial charge in [-0.3, -0.25) is 4.79 Å². The second-order valence-corrected chi connectivity index (χ2v) is 5.21. The van der Waals surface area contributed by atoms with Crippen molar-refractivity contribution < 1.29 is 24.5 Å². The van der Waals surface area contributed by atoms with E-state index in [1.165, 1.54) is 0 Å². The zero-order valence-electron chi connectivity index (χ0n) is 11.9. The van der Waals surface area contributed by atoms with E-state index < -0.39 is 18.2 Å². The summed E-state index contributed by atoms with van der Waals surface area (Å²) in [5.41, 5.74) is 0. The van der Waals surface area contributed by atoms with Crippen molar-refractivity contribution in [2.75, 3.05) is 20.3 Å². The van der Waals surface area contributed by atoms with Gasteiger partial charge in [-0.05, 0) is 18.6 Å². The highest BCUT2D eigenvalue weighted by Crippen LogP contribution is 2.27. The predicted molar refractivity (Wildman–Crippen MR) is 75.9 cm³/mol. The molecule has 2 rings (SSSR count). The van der Waals surface area contributed by atoms with Gasteiger partial charge in [0.1, 0.15) is 11.9 Å². The first-order valence-electron chi connectivity index (χ1n) is 6.94. The second kappa shape index (κ2) is 7.40. The normalized spacial score (nSPS) is 28.3. The van der Waals surface area contributed by atoms with E-state index >= 15 is 0 Å². The molecule has 0 heterocycles. The van der Waals surface area contributed by atoms with E-state index in [4.69, 9.17) is 9.47 Å². The number of carbonyl (C=O) groups excluding carboxylic acids is 1. The number of carbonyl (C=O) groups is 1. The number of benzene rings is 1. The van der Waals surface area contributed by atoms with Crippen LogP contribution in [0, 0.1) is 5.92 Å². The third kappa shape index (κ3) is 4.17. The highest BCUT2D eigenvalue weighted by Gasteiger charge is 2.41. The number of hydrogen-bond donors (Lipinski definition) is 3. The fourth-order valence-corrected chi connectivity index (χ4v) is 2.56. The molecule has 0 spiro atoms. The van der Waals surface area contributed by atoms with Crippen LogP contribution in [0.3, 0.4) is 0 Å². The highest BCUT2D eigenvalue weighted by molar-refractivity contribution is 5.78. The Labute approximate surface area is 123 Å². The van der Waals surface area contributed by atoms with Crippen LogP contribution >= 0.6 is 0 Å². The Hall–Kier alpha value is -1.63. The molecule has 3 N–H and O–H groups in total. The maximum Gasteiger partial charge on any atom is 0.258 e. The molecule has 0 saturated heterocycles. The van der Waals surface area contributed by atoms with Crippen molar-refractivity contribution >= 4 is 5.91 Å². The van der Waals surface area contributed by atoms with Gasteiger partial charge in [-0.2, -0.15) is 0 Å². The molecule has 1 saturated carbocycles. The Bertz CT molecular complexity index is 453. The van der Waals surface area contributed by atoms with E-state index in [1.54, 1.807) is 19.2 Å². The molecule has 1 aliphatic carbocycles. The quantitative estimate of drug-likeness (QED) is 0.684. The first-order chi connectivity index (χ1) is 10.1. The van der Waals surface area contributed by atoms with E-state index in [1.807, 2.05) is 18.2 Å². The number of para-hydroxylation sites is 1. The van der Waals surface area contributed by atoms with Crippen LogP contribution < -0.4 is 10.1 Å². The smallest absolute Gasteiger partial charge is 0.258 e. The third-order valence-electron chi connectivity index (χ3n) is 3.64. The fourth-order valence-electron chi connectivity index (χ4n) is 2.56. The molecule has 1 aromatic carbocycles. The summed E-state index contributed by atoms with van der Waals surface area (Å²) in [6.07, 6.45) is -1.39. The summed E-state index contributed by atoms with van der Waals surface area (Å²) in [5, 5.41) is 22.5. The Morgan fingerprint density at radius 2 is 2.00 bits per heavy atom. The minimum absolute atomic E-state index is 0.127. The molecule has 0 radical (unpaired) electrons. The van der Waals surface area contributed by atoms with Crippen molar-refractivity contribution in [3.63, 3.8) is 0 Å². The molecular formula is C15H21NO5. The van der Waals surface area contributed by atoms with Gasteiger partial charge >= 0.3 is 0 Å². The molecule has 0 bridgehead atoms. The fraction of sp³-hybridized carbons (Fsp3) is 0.533. The molecular weight excluding hydrogens is 274 g/mol. The summed E-state index contributed by atoms with van der Waals surface area (Å²) < 4.78 is 10.3. The average Bonchev–Trinajstić information content (AvgIpc) is 2.75. The van der Waals surface area contributed by atoms with E-state index in [-0.39, 0.29) is 18.4 Å². The monoisotopic (exact) mass is 295 g/mol. The molecule has 4 unspecified atom stereocenters. The third-order valence-corrected chi connectivity index (χ3v) is 3.64. The summed E-state index contributed by atoms with van der Waals surface area (Å²) in [6.45, 7) is 0.226. The Kier molecular flexibility index (Phi) is 5.55. The SMILES string of the molecule is COCC1CC(NC(=O)COc2ccccc2)C(O)C1O. The zero-order valence-corrected chi connectivity index (χ0v) is 11.9. The van der Waals surface area contributed by atoms with Crippen molar-refractivity contribution in [1.82, 2.24) is 5.32 Å². The lowest BCUT2D eigenvalue weighted by Gasteiger charge is -2.18. The molecule has 1 amide bonds. The molecule has 0 aromatic heterocycles. The van der Waals surface area contributed by atoms with Crippen LogP contribution in [0.2, 0.25) is 0 Å². The largest absolute Gasteiger partial charge is 0.484 e. The van der Waals surface area contributed by atoms with E-state index in [2.05, 4.69) is 5.32 Å². The van der Waals surface area contributed by atoms with E-state index in [0.717, 1.165) is 0 Å². The van der Waals surface area contributed by atoms with Gasteiger partial charge in [-0.25, -0.2) is 0 Å². The topological polar surface area (TPSA) is 88.0 Å². The Balaban J connectivity index is 1.80. The van der Waals surface area contributed by atoms with Gasteiger partial charge in [0.05, 0.1) is 18.8 Å². The lowest BCUT2D eigenvalue weighted by Crippen LogP contribution is -2.44. The summed E-state index contributed by atoms with van der Waals surface area (Å²) in [5.74, 6) is 0.107. The van der Waals surface area contributed by atoms with Gasteiger partial charge in [0.15, 0.2) is 6.61 Å². The van der Waals surface area contributed by atoms with Crippen molar-refractivity contribution in [3.05, 3.63) is 30.3 Å². The van der Waals surface area contributed by atoms with Gasteiger partial charge in [0.25, 0.3) is 5.91 Å². The number of aliphatic hydroxyl groups is 2. The number of ether oxygens (including phenoxy) is 2. The molecule has 4 atom stereocenters. The number of rotatable bonds is 6. The van der Waals surface area contributed by atoms with Crippen molar-refractivity contribution in [1.29, 1.82) is 0 Å². The number of amides is 1. The zero-order chi connectivity index (χ0) is 15.2. The molecule has 1 fully saturated rings. The maximum absolute atomic E-state index is 11.8. The standard InChI is InChI=1S/C15H21NO5/c1-20-8-10-7-12(15(19)14(10)18)16-13(17)9-21-11-5-3-2-4-6-11/h2-6,10,12,14-15,18-19H,7-9H2,1H3,(H,16,17). The molecule has 1 aliphatic rings. The number of methoxy groups -OCH3 is 1.